The predicted molar refractivity (Wildman–Crippen MR) is 111 cm³/mol. The quantitative estimate of drug-likeness (QED) is 0.600. The molecule has 9 heteroatoms. The second kappa shape index (κ2) is 8.69. The molecule has 4 rings (SSSR count). The molecule has 1 aromatic carbocycles. The Hall–Kier alpha value is -2.52. The number of benzene rings is 1. The lowest BCUT2D eigenvalue weighted by Crippen LogP contribution is -2.39. The first-order chi connectivity index (χ1) is 14.5. The lowest BCUT2D eigenvalue weighted by molar-refractivity contribution is -0.149. The minimum absolute atomic E-state index is 0.0111. The van der Waals surface area contributed by atoms with E-state index in [0.29, 0.717) is 60.2 Å². The number of rotatable bonds is 6. The zero-order valence-electron chi connectivity index (χ0n) is 17.0. The maximum atomic E-state index is 14.8. The smallest absolute Gasteiger partial charge is 0.309 e. The summed E-state index contributed by atoms with van der Waals surface area (Å²) in [4.78, 5) is 19.9. The molecule has 0 saturated carbocycles. The van der Waals surface area contributed by atoms with Crippen molar-refractivity contribution >= 4 is 22.3 Å². The number of hydrogen-bond donors (Lipinski definition) is 1. The predicted octanol–water partition coefficient (Wildman–Crippen LogP) is 3.56. The minimum Gasteiger partial charge on any atom is -0.492 e. The van der Waals surface area contributed by atoms with Crippen LogP contribution in [-0.2, 0) is 16.0 Å². The number of carbonyl (C=O) groups is 1. The van der Waals surface area contributed by atoms with Gasteiger partial charge in [0.15, 0.2) is 5.82 Å². The summed E-state index contributed by atoms with van der Waals surface area (Å²) < 4.78 is 21.4. The molecule has 1 N–H and O–H groups in total. The molecule has 30 heavy (non-hydrogen) atoms. The molecule has 1 aliphatic rings. The van der Waals surface area contributed by atoms with Crippen LogP contribution in [0.5, 0.6) is 5.88 Å². The van der Waals surface area contributed by atoms with Gasteiger partial charge in [-0.1, -0.05) is 36.5 Å². The van der Waals surface area contributed by atoms with Gasteiger partial charge in [0.1, 0.15) is 5.82 Å². The van der Waals surface area contributed by atoms with Crippen molar-refractivity contribution in [3.8, 4) is 5.88 Å². The van der Waals surface area contributed by atoms with Crippen LogP contribution in [0.25, 0.3) is 4.96 Å². The van der Waals surface area contributed by atoms with Crippen molar-refractivity contribution in [1.29, 1.82) is 0 Å². The van der Waals surface area contributed by atoms with Crippen LogP contribution >= 0.6 is 11.3 Å². The molecular formula is C21H25FN4O3S. The normalized spacial score (nSPS) is 16.8. The van der Waals surface area contributed by atoms with Gasteiger partial charge in [-0.2, -0.15) is 4.52 Å². The highest BCUT2D eigenvalue weighted by Crippen LogP contribution is 2.42. The number of piperidine rings is 1. The van der Waals surface area contributed by atoms with E-state index in [4.69, 9.17) is 4.74 Å². The first-order valence-electron chi connectivity index (χ1n) is 10.3. The number of aromatic hydroxyl groups is 1. The van der Waals surface area contributed by atoms with Crippen molar-refractivity contribution in [1.82, 2.24) is 19.5 Å². The third-order valence-corrected chi connectivity index (χ3v) is 6.60. The van der Waals surface area contributed by atoms with Crippen LogP contribution in [0.15, 0.2) is 24.3 Å². The van der Waals surface area contributed by atoms with E-state index in [-0.39, 0.29) is 23.6 Å². The van der Waals surface area contributed by atoms with E-state index in [1.54, 1.807) is 25.1 Å². The summed E-state index contributed by atoms with van der Waals surface area (Å²) in [5, 5.41) is 15.3. The monoisotopic (exact) mass is 432 g/mol. The fourth-order valence-electron chi connectivity index (χ4n) is 3.97. The standard InChI is InChI=1S/C21H25FN4O3S/c1-3-16-23-21-26(24-16)19(27)18(30-21)17(14-7-5-6-8-15(14)22)25-11-9-13(10-12-25)20(28)29-4-2/h5-8,13,17,27H,3-4,9-12H2,1-2H3/t17-/m1/s1. The summed E-state index contributed by atoms with van der Waals surface area (Å²) in [6.45, 7) is 5.31. The van der Waals surface area contributed by atoms with Crippen molar-refractivity contribution in [2.75, 3.05) is 19.7 Å². The van der Waals surface area contributed by atoms with E-state index in [9.17, 15) is 14.3 Å². The van der Waals surface area contributed by atoms with Crippen LogP contribution in [0.1, 0.15) is 49.0 Å². The third kappa shape index (κ3) is 3.79. The first kappa shape index (κ1) is 20.7. The molecule has 0 amide bonds. The first-order valence-corrected chi connectivity index (χ1v) is 11.1. The molecule has 1 fully saturated rings. The zero-order chi connectivity index (χ0) is 21.3. The molecule has 0 spiro atoms. The van der Waals surface area contributed by atoms with Crippen LogP contribution in [0.3, 0.4) is 0 Å². The van der Waals surface area contributed by atoms with Gasteiger partial charge >= 0.3 is 5.97 Å². The molecule has 0 radical (unpaired) electrons. The summed E-state index contributed by atoms with van der Waals surface area (Å²) in [6, 6.07) is 6.13. The lowest BCUT2D eigenvalue weighted by Gasteiger charge is -2.36. The summed E-state index contributed by atoms with van der Waals surface area (Å²) in [7, 11) is 0. The van der Waals surface area contributed by atoms with E-state index >= 15 is 0 Å². The molecule has 0 aliphatic carbocycles. The molecule has 2 aromatic heterocycles. The van der Waals surface area contributed by atoms with Crippen molar-refractivity contribution < 1.29 is 19.0 Å². The summed E-state index contributed by atoms with van der Waals surface area (Å²) in [5.41, 5.74) is 0.489. The molecular weight excluding hydrogens is 407 g/mol. The summed E-state index contributed by atoms with van der Waals surface area (Å²) in [5.74, 6) is -0.00903. The van der Waals surface area contributed by atoms with Gasteiger partial charge in [0.05, 0.1) is 23.4 Å². The number of carbonyl (C=O) groups excluding carboxylic acids is 1. The van der Waals surface area contributed by atoms with Gasteiger partial charge in [0, 0.05) is 12.0 Å². The minimum atomic E-state index is -0.479. The number of aryl methyl sites for hydroxylation is 1. The zero-order valence-corrected chi connectivity index (χ0v) is 17.9. The van der Waals surface area contributed by atoms with Gasteiger partial charge in [-0.25, -0.2) is 9.37 Å². The van der Waals surface area contributed by atoms with Crippen LogP contribution in [0.2, 0.25) is 0 Å². The Morgan fingerprint density at radius 3 is 2.70 bits per heavy atom. The third-order valence-electron chi connectivity index (χ3n) is 5.52. The average molecular weight is 433 g/mol. The van der Waals surface area contributed by atoms with Crippen molar-refractivity contribution in [2.45, 2.75) is 39.2 Å². The molecule has 1 atom stereocenters. The number of likely N-dealkylation sites (tertiary alicyclic amines) is 1. The highest BCUT2D eigenvalue weighted by Gasteiger charge is 2.35. The number of halogens is 1. The Kier molecular flexibility index (Phi) is 6.01. The van der Waals surface area contributed by atoms with Crippen molar-refractivity contribution in [3.63, 3.8) is 0 Å². The number of hydrogen-bond acceptors (Lipinski definition) is 7. The van der Waals surface area contributed by atoms with Crippen molar-refractivity contribution in [2.24, 2.45) is 5.92 Å². The van der Waals surface area contributed by atoms with Crippen molar-refractivity contribution in [3.05, 3.63) is 46.3 Å². The van der Waals surface area contributed by atoms with E-state index in [2.05, 4.69) is 15.0 Å². The Labute approximate surface area is 178 Å². The highest BCUT2D eigenvalue weighted by molar-refractivity contribution is 7.17. The largest absolute Gasteiger partial charge is 0.492 e. The van der Waals surface area contributed by atoms with Gasteiger partial charge in [-0.15, -0.1) is 5.10 Å². The van der Waals surface area contributed by atoms with Gasteiger partial charge in [-0.3, -0.25) is 9.69 Å². The SMILES string of the molecule is CCOC(=O)C1CCN([C@H](c2ccccc2F)c2sc3nc(CC)nn3c2O)CC1. The van der Waals surface area contributed by atoms with Gasteiger partial charge in [0.2, 0.25) is 10.8 Å². The Morgan fingerprint density at radius 2 is 2.07 bits per heavy atom. The topological polar surface area (TPSA) is 80.0 Å². The molecule has 1 aliphatic heterocycles. The number of aromatic nitrogens is 3. The Bertz CT molecular complexity index is 1040. The summed E-state index contributed by atoms with van der Waals surface area (Å²) >= 11 is 1.32. The molecule has 3 aromatic rings. The molecule has 7 nitrogen and oxygen atoms in total. The van der Waals surface area contributed by atoms with E-state index in [1.807, 2.05) is 6.92 Å². The molecule has 0 bridgehead atoms. The maximum absolute atomic E-state index is 14.8. The van der Waals surface area contributed by atoms with Crippen LogP contribution in [-0.4, -0.2) is 50.3 Å². The van der Waals surface area contributed by atoms with Gasteiger partial charge in [-0.05, 0) is 38.9 Å². The Morgan fingerprint density at radius 1 is 1.33 bits per heavy atom. The maximum Gasteiger partial charge on any atom is 0.309 e. The van der Waals surface area contributed by atoms with E-state index in [0.717, 1.165) is 0 Å². The van der Waals surface area contributed by atoms with Gasteiger partial charge < -0.3 is 9.84 Å². The number of nitrogens with zero attached hydrogens (tertiary/aromatic N) is 4. The number of esters is 1. The van der Waals surface area contributed by atoms with Crippen LogP contribution in [0.4, 0.5) is 4.39 Å². The van der Waals surface area contributed by atoms with E-state index < -0.39 is 6.04 Å². The molecule has 160 valence electrons. The second-order valence-electron chi connectivity index (χ2n) is 7.35. The number of fused-ring (bicyclic) bond motifs is 1. The highest BCUT2D eigenvalue weighted by atomic mass is 32.1. The van der Waals surface area contributed by atoms with Gasteiger partial charge in [0.25, 0.3) is 0 Å². The number of thiazole rings is 1. The molecule has 1 saturated heterocycles. The lowest BCUT2D eigenvalue weighted by atomic mass is 9.93. The molecule has 3 heterocycles. The summed E-state index contributed by atoms with van der Waals surface area (Å²) in [6.07, 6.45) is 1.93. The average Bonchev–Trinajstić information content (AvgIpc) is 3.29. The second-order valence-corrected chi connectivity index (χ2v) is 8.36. The van der Waals surface area contributed by atoms with E-state index in [1.165, 1.54) is 21.9 Å². The fraction of sp³-hybridized carbons (Fsp3) is 0.476. The van der Waals surface area contributed by atoms with Crippen LogP contribution < -0.4 is 0 Å². The molecule has 0 unspecified atom stereocenters. The Balaban J connectivity index is 1.69. The fourth-order valence-corrected chi connectivity index (χ4v) is 5.10. The number of ether oxygens (including phenoxy) is 1. The van der Waals surface area contributed by atoms with Crippen LogP contribution in [0, 0.1) is 11.7 Å².